The van der Waals surface area contributed by atoms with Crippen molar-refractivity contribution in [2.24, 2.45) is 0 Å². The van der Waals surface area contributed by atoms with E-state index in [4.69, 9.17) is 11.6 Å². The Morgan fingerprint density at radius 1 is 1.47 bits per heavy atom. The van der Waals surface area contributed by atoms with E-state index in [0.717, 1.165) is 17.0 Å². The first-order chi connectivity index (χ1) is 8.22. The van der Waals surface area contributed by atoms with Crippen LogP contribution in [0.2, 0.25) is 5.02 Å². The minimum absolute atomic E-state index is 0.315. The van der Waals surface area contributed by atoms with Gasteiger partial charge >= 0.3 is 0 Å². The average molecular weight is 267 g/mol. The van der Waals surface area contributed by atoms with Gasteiger partial charge in [-0.3, -0.25) is 4.98 Å². The van der Waals surface area contributed by atoms with Crippen LogP contribution in [0.3, 0.4) is 0 Å². The Bertz CT molecular complexity index is 496. The van der Waals surface area contributed by atoms with Gasteiger partial charge in [-0.1, -0.05) is 11.6 Å². The van der Waals surface area contributed by atoms with Crippen molar-refractivity contribution < 1.29 is 0 Å². The van der Waals surface area contributed by atoms with Gasteiger partial charge in [0.05, 0.1) is 5.02 Å². The summed E-state index contributed by atoms with van der Waals surface area (Å²) in [6.07, 6.45) is 4.37. The second-order valence-corrected chi connectivity index (χ2v) is 5.34. The van der Waals surface area contributed by atoms with E-state index in [1.165, 1.54) is 10.4 Å². The summed E-state index contributed by atoms with van der Waals surface area (Å²) in [6.45, 7) is 2.14. The number of aryl methyl sites for hydroxylation is 1. The van der Waals surface area contributed by atoms with Crippen LogP contribution in [-0.4, -0.2) is 12.0 Å². The van der Waals surface area contributed by atoms with E-state index in [2.05, 4.69) is 28.7 Å². The van der Waals surface area contributed by atoms with Crippen LogP contribution in [0.4, 0.5) is 0 Å². The summed E-state index contributed by atoms with van der Waals surface area (Å²) < 4.78 is 0. The van der Waals surface area contributed by atoms with Crippen LogP contribution >= 0.6 is 22.9 Å². The van der Waals surface area contributed by atoms with Crippen molar-refractivity contribution in [3.63, 3.8) is 0 Å². The lowest BCUT2D eigenvalue weighted by Gasteiger charge is -2.16. The van der Waals surface area contributed by atoms with Gasteiger partial charge in [0.25, 0.3) is 0 Å². The number of hydrogen-bond donors (Lipinski definition) is 1. The van der Waals surface area contributed by atoms with Crippen LogP contribution in [0, 0.1) is 6.92 Å². The van der Waals surface area contributed by atoms with Crippen molar-refractivity contribution in [1.82, 2.24) is 10.3 Å². The third kappa shape index (κ3) is 2.86. The summed E-state index contributed by atoms with van der Waals surface area (Å²) in [7, 11) is 1.99. The maximum atomic E-state index is 6.14. The van der Waals surface area contributed by atoms with E-state index in [9.17, 15) is 0 Å². The highest BCUT2D eigenvalue weighted by Crippen LogP contribution is 2.28. The lowest BCUT2D eigenvalue weighted by molar-refractivity contribution is 0.599. The van der Waals surface area contributed by atoms with E-state index in [-0.39, 0.29) is 0 Å². The fraction of sp³-hybridized carbons (Fsp3) is 0.308. The first-order valence-corrected chi connectivity index (χ1v) is 6.77. The Morgan fingerprint density at radius 2 is 2.29 bits per heavy atom. The van der Waals surface area contributed by atoms with Gasteiger partial charge in [-0.25, -0.2) is 0 Å². The molecule has 1 atom stereocenters. The minimum Gasteiger partial charge on any atom is -0.312 e. The van der Waals surface area contributed by atoms with Crippen LogP contribution in [0.5, 0.6) is 0 Å². The number of hydrogen-bond acceptors (Lipinski definition) is 3. The second kappa shape index (κ2) is 5.63. The van der Waals surface area contributed by atoms with Gasteiger partial charge in [-0.2, -0.15) is 0 Å². The molecule has 2 aromatic heterocycles. The topological polar surface area (TPSA) is 24.9 Å². The molecule has 0 aliphatic heterocycles. The maximum Gasteiger partial charge on any atom is 0.0622 e. The van der Waals surface area contributed by atoms with Crippen LogP contribution in [0.15, 0.2) is 29.9 Å². The molecule has 2 nitrogen and oxygen atoms in total. The number of halogens is 1. The molecule has 90 valence electrons. The number of nitrogens with zero attached hydrogens (tertiary/aromatic N) is 1. The number of pyridine rings is 1. The zero-order valence-electron chi connectivity index (χ0n) is 9.90. The lowest BCUT2D eigenvalue weighted by atomic mass is 10.0. The standard InChI is InChI=1S/C13H15ClN2S/c1-9-4-6-17-13(9)12(15-2)7-10-3-5-16-8-11(10)14/h3-6,8,12,15H,7H2,1-2H3. The summed E-state index contributed by atoms with van der Waals surface area (Å²) in [5.74, 6) is 0. The van der Waals surface area contributed by atoms with Crippen LogP contribution < -0.4 is 5.32 Å². The second-order valence-electron chi connectivity index (χ2n) is 3.98. The highest BCUT2D eigenvalue weighted by Gasteiger charge is 2.15. The molecule has 17 heavy (non-hydrogen) atoms. The molecule has 2 rings (SSSR count). The zero-order valence-corrected chi connectivity index (χ0v) is 11.5. The third-order valence-electron chi connectivity index (χ3n) is 2.85. The number of thiophene rings is 1. The molecule has 0 aliphatic rings. The SMILES string of the molecule is CNC(Cc1ccncc1Cl)c1sccc1C. The Balaban J connectivity index is 2.22. The quantitative estimate of drug-likeness (QED) is 0.915. The van der Waals surface area contributed by atoms with Gasteiger partial charge in [0, 0.05) is 23.3 Å². The number of nitrogens with one attached hydrogen (secondary N) is 1. The lowest BCUT2D eigenvalue weighted by Crippen LogP contribution is -2.18. The highest BCUT2D eigenvalue weighted by molar-refractivity contribution is 7.10. The Kier molecular flexibility index (Phi) is 4.15. The predicted molar refractivity (Wildman–Crippen MR) is 73.8 cm³/mol. The van der Waals surface area contributed by atoms with Crippen molar-refractivity contribution in [2.75, 3.05) is 7.05 Å². The fourth-order valence-corrected chi connectivity index (χ4v) is 3.09. The van der Waals surface area contributed by atoms with Crippen molar-refractivity contribution in [3.05, 3.63) is 50.9 Å². The van der Waals surface area contributed by atoms with Gasteiger partial charge in [0.2, 0.25) is 0 Å². The van der Waals surface area contributed by atoms with Crippen LogP contribution in [-0.2, 0) is 6.42 Å². The summed E-state index contributed by atoms with van der Waals surface area (Å²) >= 11 is 7.93. The van der Waals surface area contributed by atoms with Crippen LogP contribution in [0.25, 0.3) is 0 Å². The minimum atomic E-state index is 0.315. The first-order valence-electron chi connectivity index (χ1n) is 5.52. The summed E-state index contributed by atoms with van der Waals surface area (Å²) in [4.78, 5) is 5.38. The Hall–Kier alpha value is -0.900. The molecule has 0 bridgehead atoms. The number of aromatic nitrogens is 1. The molecular weight excluding hydrogens is 252 g/mol. The molecule has 1 unspecified atom stereocenters. The zero-order chi connectivity index (χ0) is 12.3. The predicted octanol–water partition coefficient (Wildman–Crippen LogP) is 3.61. The summed E-state index contributed by atoms with van der Waals surface area (Å²) in [6, 6.07) is 4.45. The molecule has 0 saturated carbocycles. The molecule has 4 heteroatoms. The number of rotatable bonds is 4. The number of likely N-dealkylation sites (N-methyl/N-ethyl adjacent to an activating group) is 1. The molecule has 0 amide bonds. The first kappa shape index (κ1) is 12.6. The molecule has 0 aliphatic carbocycles. The Labute approximate surface area is 111 Å². The molecule has 1 N–H and O–H groups in total. The van der Waals surface area contributed by atoms with Gasteiger partial charge < -0.3 is 5.32 Å². The monoisotopic (exact) mass is 266 g/mol. The Morgan fingerprint density at radius 3 is 2.88 bits per heavy atom. The van der Waals surface area contributed by atoms with E-state index >= 15 is 0 Å². The fourth-order valence-electron chi connectivity index (χ4n) is 1.86. The summed E-state index contributed by atoms with van der Waals surface area (Å²) in [5.41, 5.74) is 2.47. The summed E-state index contributed by atoms with van der Waals surface area (Å²) in [5, 5.41) is 6.22. The maximum absolute atomic E-state index is 6.14. The van der Waals surface area contributed by atoms with Gasteiger partial charge in [-0.05, 0) is 49.0 Å². The molecule has 0 saturated heterocycles. The van der Waals surface area contributed by atoms with Gasteiger partial charge in [0.1, 0.15) is 0 Å². The smallest absolute Gasteiger partial charge is 0.0622 e. The molecular formula is C13H15ClN2S. The largest absolute Gasteiger partial charge is 0.312 e. The van der Waals surface area contributed by atoms with Crippen molar-refractivity contribution in [3.8, 4) is 0 Å². The van der Waals surface area contributed by atoms with E-state index in [1.807, 2.05) is 13.1 Å². The normalized spacial score (nSPS) is 12.6. The van der Waals surface area contributed by atoms with Crippen molar-refractivity contribution in [2.45, 2.75) is 19.4 Å². The highest BCUT2D eigenvalue weighted by atomic mass is 35.5. The molecule has 2 aromatic rings. The molecule has 0 fully saturated rings. The van der Waals surface area contributed by atoms with E-state index < -0.39 is 0 Å². The molecule has 0 radical (unpaired) electrons. The average Bonchev–Trinajstić information content (AvgIpc) is 2.75. The van der Waals surface area contributed by atoms with Crippen molar-refractivity contribution >= 4 is 22.9 Å². The van der Waals surface area contributed by atoms with Gasteiger partial charge in [-0.15, -0.1) is 11.3 Å². The van der Waals surface area contributed by atoms with E-state index in [1.54, 1.807) is 23.7 Å². The van der Waals surface area contributed by atoms with Gasteiger partial charge in [0.15, 0.2) is 0 Å². The third-order valence-corrected chi connectivity index (χ3v) is 4.32. The van der Waals surface area contributed by atoms with Crippen LogP contribution in [0.1, 0.15) is 22.0 Å². The molecule has 2 heterocycles. The van der Waals surface area contributed by atoms with Crippen molar-refractivity contribution in [1.29, 1.82) is 0 Å². The molecule has 0 spiro atoms. The molecule has 0 aromatic carbocycles. The van der Waals surface area contributed by atoms with E-state index in [0.29, 0.717) is 6.04 Å².